The van der Waals surface area contributed by atoms with Crippen LogP contribution < -0.4 is 9.47 Å². The van der Waals surface area contributed by atoms with E-state index in [1.54, 1.807) is 11.3 Å². The molecule has 1 aliphatic rings. The molecule has 2 aromatic heterocycles. The first kappa shape index (κ1) is 17.1. The number of oxazole rings is 1. The number of aromatic nitrogens is 1. The Kier molecular flexibility index (Phi) is 4.95. The maximum atomic E-state index is 6.09. The number of rotatable bonds is 6. The Morgan fingerprint density at radius 2 is 2.04 bits per heavy atom. The van der Waals surface area contributed by atoms with E-state index in [4.69, 9.17) is 18.9 Å². The van der Waals surface area contributed by atoms with Gasteiger partial charge in [-0.25, -0.2) is 4.98 Å². The number of likely N-dealkylation sites (N-methyl/N-ethyl adjacent to an activating group) is 1. The lowest BCUT2D eigenvalue weighted by Gasteiger charge is -2.30. The van der Waals surface area contributed by atoms with Crippen molar-refractivity contribution in [1.29, 1.82) is 0 Å². The van der Waals surface area contributed by atoms with E-state index in [9.17, 15) is 0 Å². The van der Waals surface area contributed by atoms with Gasteiger partial charge < -0.3 is 13.9 Å². The predicted octanol–water partition coefficient (Wildman–Crippen LogP) is 4.37. The van der Waals surface area contributed by atoms with Crippen LogP contribution in [0, 0.1) is 6.92 Å². The molecule has 1 aliphatic heterocycles. The minimum Gasteiger partial charge on any atom is -0.486 e. The fourth-order valence-electron chi connectivity index (χ4n) is 3.04. The van der Waals surface area contributed by atoms with Gasteiger partial charge in [-0.3, -0.25) is 4.90 Å². The Labute approximate surface area is 157 Å². The van der Waals surface area contributed by atoms with E-state index in [0.29, 0.717) is 12.5 Å². The van der Waals surface area contributed by atoms with Crippen molar-refractivity contribution in [1.82, 2.24) is 9.88 Å². The van der Waals surface area contributed by atoms with Crippen LogP contribution in [0.1, 0.15) is 18.4 Å². The average Bonchev–Trinajstić information content (AvgIpc) is 3.31. The first-order valence-electron chi connectivity index (χ1n) is 8.84. The molecule has 0 bridgehead atoms. The van der Waals surface area contributed by atoms with Crippen LogP contribution in [0.2, 0.25) is 0 Å². The van der Waals surface area contributed by atoms with E-state index >= 15 is 0 Å². The van der Waals surface area contributed by atoms with Crippen molar-refractivity contribution in [3.63, 3.8) is 0 Å². The largest absolute Gasteiger partial charge is 0.486 e. The number of para-hydroxylation sites is 2. The van der Waals surface area contributed by atoms with Gasteiger partial charge in [-0.15, -0.1) is 11.3 Å². The Bertz CT molecular complexity index is 860. The lowest BCUT2D eigenvalue weighted by Crippen LogP contribution is -2.40. The van der Waals surface area contributed by atoms with Crippen molar-refractivity contribution < 1.29 is 13.9 Å². The van der Waals surface area contributed by atoms with Gasteiger partial charge in [-0.05, 0) is 37.0 Å². The summed E-state index contributed by atoms with van der Waals surface area (Å²) in [5, 5.41) is 2.03. The average molecular weight is 370 g/mol. The second kappa shape index (κ2) is 7.51. The van der Waals surface area contributed by atoms with Gasteiger partial charge in [0.15, 0.2) is 11.5 Å². The van der Waals surface area contributed by atoms with E-state index in [1.807, 2.05) is 48.7 Å². The van der Waals surface area contributed by atoms with Crippen molar-refractivity contribution in [2.75, 3.05) is 19.7 Å². The quantitative estimate of drug-likeness (QED) is 0.645. The van der Waals surface area contributed by atoms with Crippen LogP contribution in [0.25, 0.3) is 10.8 Å². The van der Waals surface area contributed by atoms with E-state index in [-0.39, 0.29) is 6.10 Å². The number of thiophene rings is 1. The standard InChI is InChI=1S/C20H22N2O3S/c1-3-22(11-15-13-23-17-7-4-5-8-18(17)25-15)12-16-14(2)24-20(21-16)19-9-6-10-26-19/h4-10,15H,3,11-13H2,1-2H3. The van der Waals surface area contributed by atoms with E-state index in [0.717, 1.165) is 47.5 Å². The molecule has 26 heavy (non-hydrogen) atoms. The van der Waals surface area contributed by atoms with Gasteiger partial charge in [0.05, 0.1) is 10.6 Å². The number of benzene rings is 1. The van der Waals surface area contributed by atoms with E-state index in [1.165, 1.54) is 0 Å². The molecular formula is C20H22N2O3S. The molecule has 1 atom stereocenters. The highest BCUT2D eigenvalue weighted by Gasteiger charge is 2.24. The minimum atomic E-state index is 0.00817. The van der Waals surface area contributed by atoms with Crippen LogP contribution >= 0.6 is 11.3 Å². The molecule has 1 unspecified atom stereocenters. The molecule has 136 valence electrons. The van der Waals surface area contributed by atoms with Gasteiger partial charge in [0.1, 0.15) is 18.5 Å². The highest BCUT2D eigenvalue weighted by Crippen LogP contribution is 2.31. The molecule has 5 nitrogen and oxygen atoms in total. The van der Waals surface area contributed by atoms with Crippen LogP contribution in [0.3, 0.4) is 0 Å². The van der Waals surface area contributed by atoms with Crippen molar-refractivity contribution in [2.45, 2.75) is 26.5 Å². The van der Waals surface area contributed by atoms with Gasteiger partial charge in [-0.2, -0.15) is 0 Å². The van der Waals surface area contributed by atoms with Crippen molar-refractivity contribution in [3.8, 4) is 22.3 Å². The van der Waals surface area contributed by atoms with Gasteiger partial charge in [0, 0.05) is 13.1 Å². The summed E-state index contributed by atoms with van der Waals surface area (Å²) in [6, 6.07) is 11.9. The van der Waals surface area contributed by atoms with Gasteiger partial charge >= 0.3 is 0 Å². The second-order valence-electron chi connectivity index (χ2n) is 6.32. The molecule has 1 aromatic carbocycles. The lowest BCUT2D eigenvalue weighted by molar-refractivity contribution is 0.0576. The third-order valence-electron chi connectivity index (χ3n) is 4.47. The highest BCUT2D eigenvalue weighted by atomic mass is 32.1. The molecule has 0 saturated heterocycles. The molecule has 0 fully saturated rings. The van der Waals surface area contributed by atoms with Gasteiger partial charge in [0.2, 0.25) is 5.89 Å². The molecule has 3 heterocycles. The molecule has 6 heteroatoms. The monoisotopic (exact) mass is 370 g/mol. The maximum Gasteiger partial charge on any atom is 0.236 e. The number of hydrogen-bond acceptors (Lipinski definition) is 6. The third-order valence-corrected chi connectivity index (χ3v) is 5.33. The van der Waals surface area contributed by atoms with Crippen molar-refractivity contribution in [2.24, 2.45) is 0 Å². The Hall–Kier alpha value is -2.31. The fourth-order valence-corrected chi connectivity index (χ4v) is 3.69. The van der Waals surface area contributed by atoms with Crippen LogP contribution in [0.5, 0.6) is 11.5 Å². The number of aryl methyl sites for hydroxylation is 1. The van der Waals surface area contributed by atoms with Gasteiger partial charge in [-0.1, -0.05) is 25.1 Å². The summed E-state index contributed by atoms with van der Waals surface area (Å²) in [6.07, 6.45) is 0.00817. The van der Waals surface area contributed by atoms with Crippen LogP contribution in [-0.4, -0.2) is 35.7 Å². The number of nitrogens with zero attached hydrogens (tertiary/aromatic N) is 2. The highest BCUT2D eigenvalue weighted by molar-refractivity contribution is 7.13. The molecule has 4 rings (SSSR count). The maximum absolute atomic E-state index is 6.09. The summed E-state index contributed by atoms with van der Waals surface area (Å²) in [5.41, 5.74) is 0.979. The summed E-state index contributed by atoms with van der Waals surface area (Å²) in [5.74, 6) is 3.21. The normalized spacial score (nSPS) is 16.2. The number of ether oxygens (including phenoxy) is 2. The van der Waals surface area contributed by atoms with Crippen LogP contribution in [0.15, 0.2) is 46.2 Å². The molecule has 3 aromatic rings. The smallest absolute Gasteiger partial charge is 0.236 e. The van der Waals surface area contributed by atoms with Crippen LogP contribution in [-0.2, 0) is 6.54 Å². The molecule has 0 amide bonds. The zero-order chi connectivity index (χ0) is 17.9. The van der Waals surface area contributed by atoms with Crippen molar-refractivity contribution >= 4 is 11.3 Å². The number of hydrogen-bond donors (Lipinski definition) is 0. The lowest BCUT2D eigenvalue weighted by atomic mass is 10.2. The van der Waals surface area contributed by atoms with E-state index in [2.05, 4.69) is 11.8 Å². The SMILES string of the molecule is CCN(Cc1nc(-c2cccs2)oc1C)CC1COc2ccccc2O1. The Morgan fingerprint density at radius 1 is 1.19 bits per heavy atom. The number of fused-ring (bicyclic) bond motifs is 1. The van der Waals surface area contributed by atoms with Crippen molar-refractivity contribution in [3.05, 3.63) is 53.2 Å². The zero-order valence-electron chi connectivity index (χ0n) is 15.0. The molecule has 0 aliphatic carbocycles. The predicted molar refractivity (Wildman–Crippen MR) is 102 cm³/mol. The minimum absolute atomic E-state index is 0.00817. The second-order valence-corrected chi connectivity index (χ2v) is 7.27. The Morgan fingerprint density at radius 3 is 2.81 bits per heavy atom. The summed E-state index contributed by atoms with van der Waals surface area (Å²) >= 11 is 1.64. The molecule has 0 N–H and O–H groups in total. The topological polar surface area (TPSA) is 47.7 Å². The third kappa shape index (κ3) is 3.61. The first-order valence-corrected chi connectivity index (χ1v) is 9.72. The fraction of sp³-hybridized carbons (Fsp3) is 0.350. The summed E-state index contributed by atoms with van der Waals surface area (Å²) in [7, 11) is 0. The summed E-state index contributed by atoms with van der Waals surface area (Å²) in [4.78, 5) is 8.07. The Balaban J connectivity index is 1.42. The van der Waals surface area contributed by atoms with E-state index < -0.39 is 0 Å². The first-order chi connectivity index (χ1) is 12.7. The molecule has 0 radical (unpaired) electrons. The van der Waals surface area contributed by atoms with Crippen LogP contribution in [0.4, 0.5) is 0 Å². The molecule has 0 saturated carbocycles. The zero-order valence-corrected chi connectivity index (χ0v) is 15.8. The summed E-state index contributed by atoms with van der Waals surface area (Å²) < 4.78 is 17.8. The van der Waals surface area contributed by atoms with Gasteiger partial charge in [0.25, 0.3) is 0 Å². The molecule has 0 spiro atoms. The summed E-state index contributed by atoms with van der Waals surface area (Å²) in [6.45, 7) is 7.11. The molecular weight excluding hydrogens is 348 g/mol.